The summed E-state index contributed by atoms with van der Waals surface area (Å²) in [5.41, 5.74) is 3.88. The van der Waals surface area contributed by atoms with Crippen LogP contribution in [0.3, 0.4) is 0 Å². The summed E-state index contributed by atoms with van der Waals surface area (Å²) < 4.78 is 0. The molecule has 0 aliphatic heterocycles. The van der Waals surface area contributed by atoms with Gasteiger partial charge in [0, 0.05) is 27.6 Å². The molecular formula is C20H20N6O. The Labute approximate surface area is 156 Å². The molecule has 7 heteroatoms. The number of hydrogen-bond donors (Lipinski definition) is 3. The molecule has 3 N–H and O–H groups in total. The van der Waals surface area contributed by atoms with Crippen molar-refractivity contribution in [3.63, 3.8) is 0 Å². The van der Waals surface area contributed by atoms with Crippen molar-refractivity contribution in [2.75, 3.05) is 5.32 Å². The summed E-state index contributed by atoms with van der Waals surface area (Å²) in [6.07, 6.45) is 1.48. The monoisotopic (exact) mass is 360 g/mol. The van der Waals surface area contributed by atoms with Gasteiger partial charge in [0.15, 0.2) is 5.82 Å². The first-order valence-electron chi connectivity index (χ1n) is 8.67. The summed E-state index contributed by atoms with van der Waals surface area (Å²) >= 11 is 0. The van der Waals surface area contributed by atoms with Crippen molar-refractivity contribution in [3.8, 4) is 22.6 Å². The van der Waals surface area contributed by atoms with Crippen LogP contribution in [0.1, 0.15) is 20.8 Å². The number of aromatic nitrogens is 5. The highest BCUT2D eigenvalue weighted by atomic mass is 16.2. The lowest BCUT2D eigenvalue weighted by Gasteiger charge is -2.17. The number of fused-ring (bicyclic) bond motifs is 1. The molecule has 0 unspecified atom stereocenters. The van der Waals surface area contributed by atoms with E-state index in [1.807, 2.05) is 63.2 Å². The van der Waals surface area contributed by atoms with E-state index in [0.29, 0.717) is 5.82 Å². The number of benzene rings is 2. The molecule has 4 aromatic rings. The van der Waals surface area contributed by atoms with E-state index < -0.39 is 5.41 Å². The first kappa shape index (κ1) is 17.0. The van der Waals surface area contributed by atoms with Gasteiger partial charge in [0.25, 0.3) is 0 Å². The number of carbonyl (C=O) groups excluding carboxylic acids is 1. The molecule has 7 nitrogen and oxygen atoms in total. The van der Waals surface area contributed by atoms with Crippen molar-refractivity contribution < 1.29 is 4.79 Å². The maximum absolute atomic E-state index is 12.3. The Bertz CT molecular complexity index is 1110. The minimum atomic E-state index is -0.457. The Hall–Kier alpha value is -3.48. The molecular weight excluding hydrogens is 340 g/mol. The second-order valence-corrected chi connectivity index (χ2v) is 7.45. The van der Waals surface area contributed by atoms with Gasteiger partial charge in [-0.05, 0) is 30.3 Å². The zero-order valence-electron chi connectivity index (χ0n) is 15.4. The quantitative estimate of drug-likeness (QED) is 0.514. The minimum absolute atomic E-state index is 0.0286. The third-order valence-corrected chi connectivity index (χ3v) is 4.33. The van der Waals surface area contributed by atoms with Crippen LogP contribution in [0.15, 0.2) is 48.8 Å². The van der Waals surface area contributed by atoms with Crippen LogP contribution in [0, 0.1) is 5.41 Å². The number of carbonyl (C=O) groups is 1. The average molecular weight is 360 g/mol. The van der Waals surface area contributed by atoms with Gasteiger partial charge in [0.1, 0.15) is 6.33 Å². The molecule has 2 aromatic heterocycles. The first-order chi connectivity index (χ1) is 12.9. The van der Waals surface area contributed by atoms with Gasteiger partial charge >= 0.3 is 0 Å². The van der Waals surface area contributed by atoms with Crippen molar-refractivity contribution in [1.82, 2.24) is 25.4 Å². The topological polar surface area (TPSA) is 99.3 Å². The number of hydrogen-bond acceptors (Lipinski definition) is 4. The van der Waals surface area contributed by atoms with Crippen LogP contribution in [0.25, 0.3) is 33.5 Å². The molecule has 0 radical (unpaired) electrons. The van der Waals surface area contributed by atoms with E-state index in [9.17, 15) is 4.79 Å². The van der Waals surface area contributed by atoms with E-state index in [1.54, 1.807) is 0 Å². The molecule has 136 valence electrons. The lowest BCUT2D eigenvalue weighted by Crippen LogP contribution is -2.27. The van der Waals surface area contributed by atoms with E-state index in [4.69, 9.17) is 0 Å². The number of nitrogens with one attached hydrogen (secondary N) is 3. The van der Waals surface area contributed by atoms with Crippen LogP contribution in [-0.4, -0.2) is 31.3 Å². The summed E-state index contributed by atoms with van der Waals surface area (Å²) in [5.74, 6) is 0.675. The molecule has 0 aliphatic carbocycles. The summed E-state index contributed by atoms with van der Waals surface area (Å²) in [7, 11) is 0. The molecule has 2 aromatic carbocycles. The third-order valence-electron chi connectivity index (χ3n) is 4.33. The Balaban J connectivity index is 1.73. The van der Waals surface area contributed by atoms with Crippen LogP contribution < -0.4 is 5.32 Å². The van der Waals surface area contributed by atoms with Gasteiger partial charge in [-0.2, -0.15) is 10.2 Å². The first-order valence-corrected chi connectivity index (χ1v) is 8.67. The van der Waals surface area contributed by atoms with Crippen LogP contribution >= 0.6 is 0 Å². The number of anilines is 1. The van der Waals surface area contributed by atoms with E-state index >= 15 is 0 Å². The summed E-state index contributed by atoms with van der Waals surface area (Å²) in [6, 6.07) is 13.6. The molecule has 0 atom stereocenters. The average Bonchev–Trinajstić information content (AvgIpc) is 3.30. The fourth-order valence-corrected chi connectivity index (χ4v) is 2.79. The number of nitrogens with zero attached hydrogens (tertiary/aromatic N) is 3. The van der Waals surface area contributed by atoms with Gasteiger partial charge in [0.2, 0.25) is 5.91 Å². The zero-order chi connectivity index (χ0) is 19.0. The smallest absolute Gasteiger partial charge is 0.229 e. The van der Waals surface area contributed by atoms with Gasteiger partial charge in [-0.3, -0.25) is 15.0 Å². The lowest BCUT2D eigenvalue weighted by atomic mass is 9.95. The normalized spacial score (nSPS) is 11.7. The molecule has 0 fully saturated rings. The Morgan fingerprint density at radius 3 is 2.63 bits per heavy atom. The van der Waals surface area contributed by atoms with E-state index in [2.05, 4.69) is 30.7 Å². The number of H-pyrrole nitrogens is 2. The predicted molar refractivity (Wildman–Crippen MR) is 105 cm³/mol. The molecule has 0 spiro atoms. The summed E-state index contributed by atoms with van der Waals surface area (Å²) in [5, 5.41) is 18.3. The molecule has 0 bridgehead atoms. The van der Waals surface area contributed by atoms with E-state index in [-0.39, 0.29) is 5.91 Å². The van der Waals surface area contributed by atoms with E-state index in [0.717, 1.165) is 33.4 Å². The fourth-order valence-electron chi connectivity index (χ4n) is 2.79. The molecule has 1 amide bonds. The minimum Gasteiger partial charge on any atom is -0.326 e. The van der Waals surface area contributed by atoms with Gasteiger partial charge in [-0.1, -0.05) is 32.9 Å². The van der Waals surface area contributed by atoms with Crippen molar-refractivity contribution in [2.45, 2.75) is 20.8 Å². The summed E-state index contributed by atoms with van der Waals surface area (Å²) in [4.78, 5) is 16.5. The van der Waals surface area contributed by atoms with Crippen molar-refractivity contribution in [3.05, 3.63) is 48.8 Å². The molecule has 0 saturated heterocycles. The Morgan fingerprint density at radius 1 is 1.04 bits per heavy atom. The maximum atomic E-state index is 12.3. The SMILES string of the molecule is CC(C)(C)C(=O)Nc1cccc(-c2n[nH]c3ccc(-c4ncn[nH]4)cc23)c1. The molecule has 27 heavy (non-hydrogen) atoms. The predicted octanol–water partition coefficient (Wildman–Crippen LogP) is 4.00. The highest BCUT2D eigenvalue weighted by molar-refractivity contribution is 5.98. The van der Waals surface area contributed by atoms with Crippen LogP contribution in [0.4, 0.5) is 5.69 Å². The van der Waals surface area contributed by atoms with Crippen LogP contribution in [0.5, 0.6) is 0 Å². The van der Waals surface area contributed by atoms with E-state index in [1.165, 1.54) is 6.33 Å². The van der Waals surface area contributed by atoms with Gasteiger partial charge < -0.3 is 5.32 Å². The molecule has 0 aliphatic rings. The van der Waals surface area contributed by atoms with Crippen molar-refractivity contribution in [1.29, 1.82) is 0 Å². The van der Waals surface area contributed by atoms with Crippen molar-refractivity contribution in [2.24, 2.45) is 5.41 Å². The standard InChI is InChI=1S/C20H20N6O/c1-20(2,3)19(27)23-14-6-4-5-12(9-14)17-15-10-13(18-21-11-22-26-18)7-8-16(15)24-25-17/h4-11H,1-3H3,(H,23,27)(H,24,25)(H,21,22,26). The Morgan fingerprint density at radius 2 is 1.89 bits per heavy atom. The van der Waals surface area contributed by atoms with Gasteiger partial charge in [-0.15, -0.1) is 0 Å². The third kappa shape index (κ3) is 3.31. The molecule has 2 heterocycles. The second-order valence-electron chi connectivity index (χ2n) is 7.45. The zero-order valence-corrected chi connectivity index (χ0v) is 15.4. The second kappa shape index (κ2) is 6.35. The largest absolute Gasteiger partial charge is 0.326 e. The molecule has 4 rings (SSSR count). The highest BCUT2D eigenvalue weighted by Gasteiger charge is 2.21. The highest BCUT2D eigenvalue weighted by Crippen LogP contribution is 2.31. The number of rotatable bonds is 3. The fraction of sp³-hybridized carbons (Fsp3) is 0.200. The van der Waals surface area contributed by atoms with Gasteiger partial charge in [-0.25, -0.2) is 4.98 Å². The number of amides is 1. The molecule has 0 saturated carbocycles. The van der Waals surface area contributed by atoms with Crippen molar-refractivity contribution >= 4 is 22.5 Å². The lowest BCUT2D eigenvalue weighted by molar-refractivity contribution is -0.123. The summed E-state index contributed by atoms with van der Waals surface area (Å²) in [6.45, 7) is 5.66. The number of aromatic amines is 2. The van der Waals surface area contributed by atoms with Crippen LogP contribution in [0.2, 0.25) is 0 Å². The van der Waals surface area contributed by atoms with Crippen LogP contribution in [-0.2, 0) is 4.79 Å². The maximum Gasteiger partial charge on any atom is 0.229 e. The Kier molecular flexibility index (Phi) is 3.99. The van der Waals surface area contributed by atoms with Gasteiger partial charge in [0.05, 0.1) is 11.2 Å².